The lowest BCUT2D eigenvalue weighted by atomic mass is 9.95. The number of fused-ring (bicyclic) bond motifs is 2. The highest BCUT2D eigenvalue weighted by Gasteiger charge is 2.34. The van der Waals surface area contributed by atoms with Gasteiger partial charge in [0, 0.05) is 6.07 Å². The Morgan fingerprint density at radius 1 is 1.07 bits per heavy atom. The second-order valence-corrected chi connectivity index (χ2v) is 10.8. The molecule has 3 aromatic carbocycles. The van der Waals surface area contributed by atoms with Crippen LogP contribution in [0.25, 0.3) is 6.08 Å². The number of ether oxygens (including phenoxy) is 4. The van der Waals surface area contributed by atoms with E-state index in [4.69, 9.17) is 18.9 Å². The fourth-order valence-electron chi connectivity index (χ4n) is 4.95. The van der Waals surface area contributed by atoms with Gasteiger partial charge in [0.1, 0.15) is 5.75 Å². The van der Waals surface area contributed by atoms with Crippen LogP contribution in [0.5, 0.6) is 23.0 Å². The van der Waals surface area contributed by atoms with Gasteiger partial charge in [-0.15, -0.1) is 0 Å². The number of carbonyl (C=O) groups is 1. The minimum absolute atomic E-state index is 0.0652. The van der Waals surface area contributed by atoms with E-state index in [0.717, 1.165) is 29.5 Å². The van der Waals surface area contributed by atoms with Gasteiger partial charge in [-0.2, -0.15) is 0 Å². The van der Waals surface area contributed by atoms with E-state index in [1.54, 1.807) is 62.4 Å². The highest BCUT2D eigenvalue weighted by Crippen LogP contribution is 2.38. The lowest BCUT2D eigenvalue weighted by Gasteiger charge is -2.24. The van der Waals surface area contributed by atoms with Gasteiger partial charge in [-0.05, 0) is 61.4 Å². The van der Waals surface area contributed by atoms with Crippen molar-refractivity contribution in [3.05, 3.63) is 123 Å². The maximum Gasteiger partial charge on any atom is 0.338 e. The first kappa shape index (κ1) is 29.3. The third-order valence-corrected chi connectivity index (χ3v) is 7.97. The molecular formula is C30H22N4O10S. The first-order valence-electron chi connectivity index (χ1n) is 13.4. The number of esters is 1. The van der Waals surface area contributed by atoms with Crippen LogP contribution in [0.2, 0.25) is 0 Å². The number of nitrogens with zero attached hydrogens (tertiary/aromatic N) is 4. The number of hydrogen-bond acceptors (Lipinski definition) is 12. The van der Waals surface area contributed by atoms with Crippen molar-refractivity contribution in [3.63, 3.8) is 0 Å². The Kier molecular flexibility index (Phi) is 7.60. The Labute approximate surface area is 257 Å². The predicted molar refractivity (Wildman–Crippen MR) is 159 cm³/mol. The smallest absolute Gasteiger partial charge is 0.338 e. The first-order chi connectivity index (χ1) is 21.6. The van der Waals surface area contributed by atoms with Crippen LogP contribution >= 0.6 is 11.3 Å². The number of nitro groups is 2. The number of benzene rings is 3. The van der Waals surface area contributed by atoms with Crippen LogP contribution in [0.1, 0.15) is 31.0 Å². The highest BCUT2D eigenvalue weighted by atomic mass is 32.1. The molecule has 2 aliphatic heterocycles. The number of thiazole rings is 1. The summed E-state index contributed by atoms with van der Waals surface area (Å²) in [5.74, 6) is 0.541. The molecule has 1 atom stereocenters. The van der Waals surface area contributed by atoms with Crippen molar-refractivity contribution in [2.45, 2.75) is 19.9 Å². The molecule has 0 N–H and O–H groups in total. The van der Waals surface area contributed by atoms with Gasteiger partial charge in [0.25, 0.3) is 11.2 Å². The summed E-state index contributed by atoms with van der Waals surface area (Å²) >= 11 is 1.15. The molecule has 2 aliphatic rings. The molecule has 0 saturated heterocycles. The molecule has 0 aliphatic carbocycles. The molecule has 4 aromatic rings. The second kappa shape index (κ2) is 11.7. The van der Waals surface area contributed by atoms with Crippen molar-refractivity contribution in [1.29, 1.82) is 0 Å². The summed E-state index contributed by atoms with van der Waals surface area (Å²) in [6.45, 7) is 3.60. The van der Waals surface area contributed by atoms with E-state index in [2.05, 4.69) is 4.99 Å². The van der Waals surface area contributed by atoms with Gasteiger partial charge in [-0.1, -0.05) is 29.5 Å². The number of hydrogen-bond donors (Lipinski definition) is 0. The zero-order chi connectivity index (χ0) is 31.8. The first-order valence-corrected chi connectivity index (χ1v) is 14.3. The van der Waals surface area contributed by atoms with E-state index < -0.39 is 33.2 Å². The van der Waals surface area contributed by atoms with Gasteiger partial charge in [-0.3, -0.25) is 29.6 Å². The van der Waals surface area contributed by atoms with Gasteiger partial charge in [0.15, 0.2) is 16.3 Å². The summed E-state index contributed by atoms with van der Waals surface area (Å²) in [5, 5.41) is 22.5. The largest absolute Gasteiger partial charge is 0.463 e. The molecule has 0 bridgehead atoms. The molecular weight excluding hydrogens is 608 g/mol. The van der Waals surface area contributed by atoms with E-state index in [1.165, 1.54) is 4.57 Å². The second-order valence-electron chi connectivity index (χ2n) is 9.75. The Hall–Kier alpha value is -5.83. The molecule has 0 unspecified atom stereocenters. The topological polar surface area (TPSA) is 175 Å². The average Bonchev–Trinajstić information content (AvgIpc) is 3.60. The normalized spacial score (nSPS) is 15.3. The minimum Gasteiger partial charge on any atom is -0.463 e. The van der Waals surface area contributed by atoms with Gasteiger partial charge in [0.05, 0.1) is 44.4 Å². The average molecular weight is 631 g/mol. The fraction of sp³-hybridized carbons (Fsp3) is 0.167. The molecule has 0 spiro atoms. The summed E-state index contributed by atoms with van der Waals surface area (Å²) < 4.78 is 23.7. The SMILES string of the molecule is CCOC(=O)C1=C(C)N=c2s/c(=C\c3ccc(Oc4ccc([N+](=O)[O-])cc4[N+](=O)[O-])cc3)c(=O)n2[C@@H]1c1ccc2c(c1)OCO2. The third kappa shape index (κ3) is 5.51. The van der Waals surface area contributed by atoms with Crippen LogP contribution in [-0.2, 0) is 9.53 Å². The van der Waals surface area contributed by atoms with Crippen molar-refractivity contribution < 1.29 is 33.6 Å². The molecule has 228 valence electrons. The standard InChI is InChI=1S/C30H22N4O10S/c1-3-41-29(36)26-16(2)31-30-32(27(26)18-6-10-23-24(13-18)43-15-42-23)28(35)25(45-30)12-17-4-8-20(9-5-17)44-22-11-7-19(33(37)38)14-21(22)34(39)40/h4-14,27H,3,15H2,1-2H3/b25-12-/t27-/m1/s1. The molecule has 6 rings (SSSR count). The van der Waals surface area contributed by atoms with Crippen molar-refractivity contribution in [2.75, 3.05) is 13.4 Å². The van der Waals surface area contributed by atoms with E-state index in [0.29, 0.717) is 37.7 Å². The number of aromatic nitrogens is 1. The van der Waals surface area contributed by atoms with Crippen LogP contribution in [-0.4, -0.2) is 33.8 Å². The number of non-ortho nitro benzene ring substituents is 1. The monoisotopic (exact) mass is 630 g/mol. The van der Waals surface area contributed by atoms with Crippen molar-refractivity contribution in [2.24, 2.45) is 4.99 Å². The summed E-state index contributed by atoms with van der Waals surface area (Å²) in [6.07, 6.45) is 1.65. The van der Waals surface area contributed by atoms with Crippen molar-refractivity contribution >= 4 is 34.8 Å². The molecule has 0 radical (unpaired) electrons. The molecule has 0 fully saturated rings. The maximum atomic E-state index is 13.9. The highest BCUT2D eigenvalue weighted by molar-refractivity contribution is 7.07. The summed E-state index contributed by atoms with van der Waals surface area (Å²) in [7, 11) is 0. The number of nitro benzene ring substituents is 2. The molecule has 0 amide bonds. The van der Waals surface area contributed by atoms with Crippen LogP contribution < -0.4 is 29.1 Å². The van der Waals surface area contributed by atoms with Gasteiger partial charge in [0.2, 0.25) is 12.5 Å². The van der Waals surface area contributed by atoms with Gasteiger partial charge < -0.3 is 18.9 Å². The van der Waals surface area contributed by atoms with Crippen LogP contribution in [0, 0.1) is 20.2 Å². The Balaban J connectivity index is 1.36. The lowest BCUT2D eigenvalue weighted by Crippen LogP contribution is -2.39. The Bertz CT molecular complexity index is 2100. The fourth-order valence-corrected chi connectivity index (χ4v) is 6.00. The molecule has 0 saturated carbocycles. The van der Waals surface area contributed by atoms with Gasteiger partial charge >= 0.3 is 11.7 Å². The minimum atomic E-state index is -0.829. The molecule has 1 aromatic heterocycles. The van der Waals surface area contributed by atoms with E-state index in [-0.39, 0.29) is 36.0 Å². The summed E-state index contributed by atoms with van der Waals surface area (Å²) in [5.41, 5.74) is 0.526. The molecule has 45 heavy (non-hydrogen) atoms. The number of rotatable bonds is 8. The summed E-state index contributed by atoms with van der Waals surface area (Å²) in [6, 6.07) is 13.9. The van der Waals surface area contributed by atoms with Gasteiger partial charge in [-0.25, -0.2) is 9.79 Å². The third-order valence-electron chi connectivity index (χ3n) is 6.99. The van der Waals surface area contributed by atoms with Crippen LogP contribution in [0.15, 0.2) is 81.7 Å². The summed E-state index contributed by atoms with van der Waals surface area (Å²) in [4.78, 5) is 52.9. The Morgan fingerprint density at radius 2 is 1.82 bits per heavy atom. The number of carbonyl (C=O) groups excluding carboxylic acids is 1. The molecule has 3 heterocycles. The van der Waals surface area contributed by atoms with Crippen LogP contribution in [0.3, 0.4) is 0 Å². The Morgan fingerprint density at radius 3 is 2.53 bits per heavy atom. The van der Waals surface area contributed by atoms with Crippen molar-refractivity contribution in [3.8, 4) is 23.0 Å². The zero-order valence-corrected chi connectivity index (χ0v) is 24.4. The van der Waals surface area contributed by atoms with E-state index in [1.807, 2.05) is 0 Å². The van der Waals surface area contributed by atoms with Crippen LogP contribution in [0.4, 0.5) is 11.4 Å². The molecule has 14 nitrogen and oxygen atoms in total. The quantitative estimate of drug-likeness (QED) is 0.156. The lowest BCUT2D eigenvalue weighted by molar-refractivity contribution is -0.394. The zero-order valence-electron chi connectivity index (χ0n) is 23.6. The van der Waals surface area contributed by atoms with Crippen molar-refractivity contribution in [1.82, 2.24) is 4.57 Å². The van der Waals surface area contributed by atoms with E-state index in [9.17, 15) is 29.8 Å². The van der Waals surface area contributed by atoms with E-state index >= 15 is 0 Å². The predicted octanol–water partition coefficient (Wildman–Crippen LogP) is 4.14. The number of allylic oxidation sites excluding steroid dienone is 1. The maximum absolute atomic E-state index is 13.9. The molecule has 15 heteroatoms.